The van der Waals surface area contributed by atoms with Crippen molar-refractivity contribution in [2.24, 2.45) is 11.8 Å². The number of benzene rings is 1. The number of aromatic amines is 1. The molecule has 0 unspecified atom stereocenters. The first kappa shape index (κ1) is 16.2. The predicted octanol–water partition coefficient (Wildman–Crippen LogP) is 3.28. The number of nitrogens with zero attached hydrogens (tertiary/aromatic N) is 1. The first-order chi connectivity index (χ1) is 12.1. The summed E-state index contributed by atoms with van der Waals surface area (Å²) in [6, 6.07) is 5.67. The SMILES string of the molecule is CCC[C@@H]1C[C@@H]1C(=O)N1CCc2[nH]c3c(C(=O)OC)cccc3c2C1. The van der Waals surface area contributed by atoms with Gasteiger partial charge in [0.05, 0.1) is 18.2 Å². The molecule has 0 bridgehead atoms. The molecule has 25 heavy (non-hydrogen) atoms. The monoisotopic (exact) mass is 340 g/mol. The Labute approximate surface area is 147 Å². The summed E-state index contributed by atoms with van der Waals surface area (Å²) in [5, 5.41) is 1.02. The predicted molar refractivity (Wildman–Crippen MR) is 95.3 cm³/mol. The molecule has 5 heteroatoms. The van der Waals surface area contributed by atoms with Crippen LogP contribution < -0.4 is 0 Å². The lowest BCUT2D eigenvalue weighted by Crippen LogP contribution is -2.37. The summed E-state index contributed by atoms with van der Waals surface area (Å²) < 4.78 is 4.89. The van der Waals surface area contributed by atoms with E-state index in [2.05, 4.69) is 11.9 Å². The minimum Gasteiger partial charge on any atom is -0.465 e. The van der Waals surface area contributed by atoms with Gasteiger partial charge in [0.15, 0.2) is 0 Å². The molecule has 0 radical (unpaired) electrons. The van der Waals surface area contributed by atoms with Crippen LogP contribution in [0.3, 0.4) is 0 Å². The molecule has 1 amide bonds. The van der Waals surface area contributed by atoms with E-state index in [9.17, 15) is 9.59 Å². The highest BCUT2D eigenvalue weighted by molar-refractivity contribution is 6.04. The second-order valence-corrected chi connectivity index (χ2v) is 7.20. The van der Waals surface area contributed by atoms with Crippen LogP contribution in [0.15, 0.2) is 18.2 Å². The maximum atomic E-state index is 12.8. The Balaban J connectivity index is 1.61. The number of hydrogen-bond acceptors (Lipinski definition) is 3. The number of hydrogen-bond donors (Lipinski definition) is 1. The van der Waals surface area contributed by atoms with Crippen LogP contribution in [0.4, 0.5) is 0 Å². The summed E-state index contributed by atoms with van der Waals surface area (Å²) in [6.07, 6.45) is 4.17. The number of esters is 1. The number of H-pyrrole nitrogens is 1. The molecule has 1 fully saturated rings. The smallest absolute Gasteiger partial charge is 0.339 e. The van der Waals surface area contributed by atoms with Crippen molar-refractivity contribution >= 4 is 22.8 Å². The molecular weight excluding hydrogens is 316 g/mol. The van der Waals surface area contributed by atoms with E-state index in [1.54, 1.807) is 6.07 Å². The van der Waals surface area contributed by atoms with Gasteiger partial charge in [0.1, 0.15) is 0 Å². The maximum absolute atomic E-state index is 12.8. The fraction of sp³-hybridized carbons (Fsp3) is 0.500. The third-order valence-corrected chi connectivity index (χ3v) is 5.63. The summed E-state index contributed by atoms with van der Waals surface area (Å²) in [5.41, 5.74) is 3.66. The molecule has 2 aromatic rings. The molecule has 2 atom stereocenters. The maximum Gasteiger partial charge on any atom is 0.339 e. The standard InChI is InChI=1S/C20H24N2O3/c1-3-5-12-10-15(12)19(23)22-9-8-17-16(11-22)13-6-4-7-14(18(13)21-17)20(24)25-2/h4,6-7,12,15,21H,3,5,8-11H2,1-2H3/t12-,15+/m1/s1. The number of ether oxygens (including phenoxy) is 1. The lowest BCUT2D eigenvalue weighted by atomic mass is 10.0. The topological polar surface area (TPSA) is 62.4 Å². The van der Waals surface area contributed by atoms with Crippen molar-refractivity contribution in [3.8, 4) is 0 Å². The molecule has 5 nitrogen and oxygen atoms in total. The van der Waals surface area contributed by atoms with Crippen LogP contribution in [0, 0.1) is 11.8 Å². The van der Waals surface area contributed by atoms with Gasteiger partial charge in [0, 0.05) is 42.1 Å². The van der Waals surface area contributed by atoms with Crippen LogP contribution in [0.5, 0.6) is 0 Å². The van der Waals surface area contributed by atoms with E-state index in [0.29, 0.717) is 23.9 Å². The van der Waals surface area contributed by atoms with Gasteiger partial charge in [0.25, 0.3) is 0 Å². The Hall–Kier alpha value is -2.30. The highest BCUT2D eigenvalue weighted by Gasteiger charge is 2.44. The number of methoxy groups -OCH3 is 1. The van der Waals surface area contributed by atoms with Gasteiger partial charge in [-0.05, 0) is 24.8 Å². The number of rotatable bonds is 4. The summed E-state index contributed by atoms with van der Waals surface area (Å²) in [5.74, 6) is 0.796. The van der Waals surface area contributed by atoms with E-state index in [0.717, 1.165) is 54.4 Å². The van der Waals surface area contributed by atoms with Crippen molar-refractivity contribution in [2.45, 2.75) is 39.2 Å². The van der Waals surface area contributed by atoms with Crippen LogP contribution >= 0.6 is 0 Å². The van der Waals surface area contributed by atoms with Gasteiger partial charge in [0.2, 0.25) is 5.91 Å². The summed E-state index contributed by atoms with van der Waals surface area (Å²) in [4.78, 5) is 30.2. The Morgan fingerprint density at radius 3 is 2.96 bits per heavy atom. The highest BCUT2D eigenvalue weighted by atomic mass is 16.5. The van der Waals surface area contributed by atoms with Crippen LogP contribution in [0.2, 0.25) is 0 Å². The molecule has 0 saturated heterocycles. The first-order valence-corrected chi connectivity index (χ1v) is 9.13. The molecule has 1 aromatic heterocycles. The molecule has 1 aromatic carbocycles. The molecule has 1 saturated carbocycles. The number of aromatic nitrogens is 1. The lowest BCUT2D eigenvalue weighted by molar-refractivity contribution is -0.133. The number of carbonyl (C=O) groups is 2. The second-order valence-electron chi connectivity index (χ2n) is 7.20. The van der Waals surface area contributed by atoms with E-state index in [1.807, 2.05) is 17.0 Å². The summed E-state index contributed by atoms with van der Waals surface area (Å²) in [6.45, 7) is 3.56. The Bertz CT molecular complexity index is 839. The summed E-state index contributed by atoms with van der Waals surface area (Å²) >= 11 is 0. The van der Waals surface area contributed by atoms with Crippen LogP contribution in [-0.2, 0) is 22.5 Å². The molecule has 0 spiro atoms. The quantitative estimate of drug-likeness (QED) is 0.869. The molecule has 2 aliphatic rings. The molecule has 4 rings (SSSR count). The van der Waals surface area contributed by atoms with E-state index >= 15 is 0 Å². The molecular formula is C20H24N2O3. The molecule has 1 aliphatic carbocycles. The van der Waals surface area contributed by atoms with Crippen molar-refractivity contribution in [1.29, 1.82) is 0 Å². The zero-order valence-corrected chi connectivity index (χ0v) is 14.8. The minimum absolute atomic E-state index is 0.234. The third kappa shape index (κ3) is 2.71. The number of amides is 1. The largest absolute Gasteiger partial charge is 0.465 e. The van der Waals surface area contributed by atoms with E-state index in [4.69, 9.17) is 4.74 Å². The average Bonchev–Trinajstić information content (AvgIpc) is 3.30. The third-order valence-electron chi connectivity index (χ3n) is 5.63. The van der Waals surface area contributed by atoms with Crippen LogP contribution in [-0.4, -0.2) is 35.4 Å². The lowest BCUT2D eigenvalue weighted by Gasteiger charge is -2.27. The fourth-order valence-corrected chi connectivity index (χ4v) is 4.18. The van der Waals surface area contributed by atoms with Crippen molar-refractivity contribution in [1.82, 2.24) is 9.88 Å². The number of nitrogens with one attached hydrogen (secondary N) is 1. The zero-order valence-electron chi connectivity index (χ0n) is 14.8. The van der Waals surface area contributed by atoms with E-state index in [1.165, 1.54) is 7.11 Å². The van der Waals surface area contributed by atoms with Crippen molar-refractivity contribution in [2.75, 3.05) is 13.7 Å². The van der Waals surface area contributed by atoms with Gasteiger partial charge in [-0.2, -0.15) is 0 Å². The van der Waals surface area contributed by atoms with Gasteiger partial charge in [-0.15, -0.1) is 0 Å². The average molecular weight is 340 g/mol. The minimum atomic E-state index is -0.336. The first-order valence-electron chi connectivity index (χ1n) is 9.13. The molecule has 1 N–H and O–H groups in total. The van der Waals surface area contributed by atoms with Crippen molar-refractivity contribution in [3.05, 3.63) is 35.0 Å². The normalized spacial score (nSPS) is 21.9. The van der Waals surface area contributed by atoms with Crippen LogP contribution in [0.1, 0.15) is 47.8 Å². The molecule has 1 aliphatic heterocycles. The van der Waals surface area contributed by atoms with Gasteiger partial charge in [-0.3, -0.25) is 4.79 Å². The van der Waals surface area contributed by atoms with E-state index < -0.39 is 0 Å². The van der Waals surface area contributed by atoms with Crippen molar-refractivity contribution < 1.29 is 14.3 Å². The number of para-hydroxylation sites is 1. The Morgan fingerprint density at radius 2 is 2.20 bits per heavy atom. The number of fused-ring (bicyclic) bond motifs is 3. The van der Waals surface area contributed by atoms with E-state index in [-0.39, 0.29) is 11.9 Å². The fourth-order valence-electron chi connectivity index (χ4n) is 4.18. The van der Waals surface area contributed by atoms with Gasteiger partial charge < -0.3 is 14.6 Å². The van der Waals surface area contributed by atoms with Crippen LogP contribution in [0.25, 0.3) is 10.9 Å². The Kier molecular flexibility index (Phi) is 4.02. The van der Waals surface area contributed by atoms with Gasteiger partial charge >= 0.3 is 5.97 Å². The highest BCUT2D eigenvalue weighted by Crippen LogP contribution is 2.44. The second kappa shape index (κ2) is 6.21. The molecule has 2 heterocycles. The zero-order chi connectivity index (χ0) is 17.6. The van der Waals surface area contributed by atoms with Gasteiger partial charge in [-0.25, -0.2) is 4.79 Å². The van der Waals surface area contributed by atoms with Gasteiger partial charge in [-0.1, -0.05) is 25.5 Å². The molecule has 132 valence electrons. The van der Waals surface area contributed by atoms with Crippen molar-refractivity contribution in [3.63, 3.8) is 0 Å². The number of carbonyl (C=O) groups excluding carboxylic acids is 2. The summed E-state index contributed by atoms with van der Waals surface area (Å²) in [7, 11) is 1.40. The Morgan fingerprint density at radius 1 is 1.36 bits per heavy atom.